The number of ketones is 1. The van der Waals surface area contributed by atoms with Crippen LogP contribution < -0.4 is 10.9 Å². The van der Waals surface area contributed by atoms with E-state index in [1.54, 1.807) is 48.8 Å². The summed E-state index contributed by atoms with van der Waals surface area (Å²) >= 11 is 0. The summed E-state index contributed by atoms with van der Waals surface area (Å²) in [6.07, 6.45) is 3.28. The van der Waals surface area contributed by atoms with Crippen LogP contribution in [0.3, 0.4) is 0 Å². The number of rotatable bonds is 5. The Kier molecular flexibility index (Phi) is 4.98. The van der Waals surface area contributed by atoms with Crippen molar-refractivity contribution in [1.82, 2.24) is 14.8 Å². The van der Waals surface area contributed by atoms with Crippen LogP contribution in [-0.2, 0) is 11.3 Å². The van der Waals surface area contributed by atoms with Crippen molar-refractivity contribution < 1.29 is 9.59 Å². The zero-order valence-corrected chi connectivity index (χ0v) is 14.0. The molecule has 1 amide bonds. The lowest BCUT2D eigenvalue weighted by atomic mass is 10.1. The Hall–Kier alpha value is -3.61. The molecule has 0 aliphatic rings. The average molecular weight is 348 g/mol. The smallest absolute Gasteiger partial charge is 0.267 e. The molecule has 0 atom stereocenters. The number of hydrogen-bond donors (Lipinski definition) is 1. The number of benzene rings is 1. The minimum atomic E-state index is -0.390. The molecule has 0 spiro atoms. The average Bonchev–Trinajstić information content (AvgIpc) is 2.64. The van der Waals surface area contributed by atoms with Crippen molar-refractivity contribution in [2.24, 2.45) is 0 Å². The molecule has 7 heteroatoms. The largest absolute Gasteiger partial charge is 0.324 e. The van der Waals surface area contributed by atoms with Crippen molar-refractivity contribution in [3.05, 3.63) is 76.8 Å². The Balaban J connectivity index is 1.74. The third-order valence-electron chi connectivity index (χ3n) is 3.69. The van der Waals surface area contributed by atoms with Gasteiger partial charge in [0.05, 0.1) is 5.69 Å². The van der Waals surface area contributed by atoms with E-state index in [4.69, 9.17) is 0 Å². The molecule has 0 aliphatic heterocycles. The van der Waals surface area contributed by atoms with E-state index in [-0.39, 0.29) is 17.9 Å². The fourth-order valence-corrected chi connectivity index (χ4v) is 2.36. The van der Waals surface area contributed by atoms with E-state index < -0.39 is 5.91 Å². The number of hydrogen-bond acceptors (Lipinski definition) is 5. The Morgan fingerprint density at radius 2 is 1.85 bits per heavy atom. The molecule has 0 radical (unpaired) electrons. The molecular weight excluding hydrogens is 332 g/mol. The van der Waals surface area contributed by atoms with Gasteiger partial charge in [0.25, 0.3) is 5.56 Å². The molecule has 0 aliphatic carbocycles. The molecule has 1 N–H and O–H groups in total. The fraction of sp³-hybridized carbons (Fsp3) is 0.105. The van der Waals surface area contributed by atoms with Gasteiger partial charge < -0.3 is 5.32 Å². The summed E-state index contributed by atoms with van der Waals surface area (Å²) in [4.78, 5) is 39.5. The van der Waals surface area contributed by atoms with E-state index in [0.29, 0.717) is 16.9 Å². The molecule has 26 heavy (non-hydrogen) atoms. The maximum absolute atomic E-state index is 12.2. The molecule has 130 valence electrons. The van der Waals surface area contributed by atoms with Crippen molar-refractivity contribution in [3.63, 3.8) is 0 Å². The summed E-state index contributed by atoms with van der Waals surface area (Å²) in [6, 6.07) is 13.1. The molecule has 2 heterocycles. The summed E-state index contributed by atoms with van der Waals surface area (Å²) < 4.78 is 1.10. The van der Waals surface area contributed by atoms with Gasteiger partial charge in [-0.25, -0.2) is 4.68 Å². The number of carbonyl (C=O) groups is 2. The monoisotopic (exact) mass is 348 g/mol. The number of nitrogens with zero attached hydrogens (tertiary/aromatic N) is 3. The fourth-order valence-electron chi connectivity index (χ4n) is 2.36. The first-order valence-corrected chi connectivity index (χ1v) is 7.92. The highest BCUT2D eigenvalue weighted by Gasteiger charge is 2.09. The summed E-state index contributed by atoms with van der Waals surface area (Å²) in [5.41, 5.74) is 2.03. The van der Waals surface area contributed by atoms with Crippen molar-refractivity contribution in [3.8, 4) is 11.3 Å². The van der Waals surface area contributed by atoms with Crippen molar-refractivity contribution >= 4 is 17.4 Å². The van der Waals surface area contributed by atoms with Crippen LogP contribution in [0.4, 0.5) is 5.69 Å². The third kappa shape index (κ3) is 4.07. The SMILES string of the molecule is CC(=O)c1ccc(NC(=O)Cn2nc(-c3cccnc3)ccc2=O)cc1. The number of amides is 1. The van der Waals surface area contributed by atoms with Crippen LogP contribution in [0.5, 0.6) is 0 Å². The van der Waals surface area contributed by atoms with Crippen LogP contribution in [0.1, 0.15) is 17.3 Å². The van der Waals surface area contributed by atoms with Gasteiger partial charge in [0.2, 0.25) is 5.91 Å². The summed E-state index contributed by atoms with van der Waals surface area (Å²) in [5, 5.41) is 6.90. The van der Waals surface area contributed by atoms with Crippen LogP contribution in [0, 0.1) is 0 Å². The second-order valence-electron chi connectivity index (χ2n) is 5.64. The number of pyridine rings is 1. The first-order valence-electron chi connectivity index (χ1n) is 7.92. The molecule has 0 saturated carbocycles. The lowest BCUT2D eigenvalue weighted by Gasteiger charge is -2.08. The molecule has 0 saturated heterocycles. The molecule has 3 rings (SSSR count). The van der Waals surface area contributed by atoms with Gasteiger partial charge in [-0.3, -0.25) is 19.4 Å². The minimum absolute atomic E-state index is 0.0501. The highest BCUT2D eigenvalue weighted by atomic mass is 16.2. The van der Waals surface area contributed by atoms with E-state index in [9.17, 15) is 14.4 Å². The highest BCUT2D eigenvalue weighted by molar-refractivity contribution is 5.95. The molecule has 0 fully saturated rings. The Morgan fingerprint density at radius 1 is 1.08 bits per heavy atom. The molecule has 2 aromatic heterocycles. The van der Waals surface area contributed by atoms with Crippen LogP contribution in [-0.4, -0.2) is 26.5 Å². The number of anilines is 1. The minimum Gasteiger partial charge on any atom is -0.324 e. The Labute approximate surface area is 149 Å². The molecule has 1 aromatic carbocycles. The summed E-state index contributed by atoms with van der Waals surface area (Å²) in [6.45, 7) is 1.25. The highest BCUT2D eigenvalue weighted by Crippen LogP contribution is 2.13. The van der Waals surface area contributed by atoms with Crippen LogP contribution in [0.2, 0.25) is 0 Å². The van der Waals surface area contributed by atoms with Gasteiger partial charge in [0.15, 0.2) is 5.78 Å². The van der Waals surface area contributed by atoms with E-state index in [1.807, 2.05) is 6.07 Å². The molecule has 3 aromatic rings. The van der Waals surface area contributed by atoms with Crippen molar-refractivity contribution in [2.75, 3.05) is 5.32 Å². The van der Waals surface area contributed by atoms with Gasteiger partial charge in [0.1, 0.15) is 6.54 Å². The maximum atomic E-state index is 12.2. The van der Waals surface area contributed by atoms with Crippen LogP contribution >= 0.6 is 0 Å². The lowest BCUT2D eigenvalue weighted by molar-refractivity contribution is -0.117. The second kappa shape index (κ2) is 7.52. The maximum Gasteiger partial charge on any atom is 0.267 e. The summed E-state index contributed by atoms with van der Waals surface area (Å²) in [5.74, 6) is -0.440. The van der Waals surface area contributed by atoms with Gasteiger partial charge >= 0.3 is 0 Å². The molecule has 0 unspecified atom stereocenters. The van der Waals surface area contributed by atoms with Crippen molar-refractivity contribution in [1.29, 1.82) is 0 Å². The van der Waals surface area contributed by atoms with E-state index in [2.05, 4.69) is 15.4 Å². The second-order valence-corrected chi connectivity index (χ2v) is 5.64. The predicted molar refractivity (Wildman–Crippen MR) is 96.8 cm³/mol. The topological polar surface area (TPSA) is 93.9 Å². The van der Waals surface area contributed by atoms with Crippen molar-refractivity contribution in [2.45, 2.75) is 13.5 Å². The van der Waals surface area contributed by atoms with Crippen LogP contribution in [0.15, 0.2) is 65.7 Å². The molecular formula is C19H16N4O3. The van der Waals surface area contributed by atoms with E-state index in [0.717, 1.165) is 10.2 Å². The van der Waals surface area contributed by atoms with Gasteiger partial charge in [-0.1, -0.05) is 0 Å². The number of carbonyl (C=O) groups excluding carboxylic acids is 2. The zero-order valence-electron chi connectivity index (χ0n) is 14.0. The summed E-state index contributed by atoms with van der Waals surface area (Å²) in [7, 11) is 0. The number of aromatic nitrogens is 3. The lowest BCUT2D eigenvalue weighted by Crippen LogP contribution is -2.29. The van der Waals surface area contributed by atoms with Gasteiger partial charge in [-0.15, -0.1) is 0 Å². The predicted octanol–water partition coefficient (Wildman–Crippen LogP) is 2.15. The van der Waals surface area contributed by atoms with Crippen LogP contribution in [0.25, 0.3) is 11.3 Å². The van der Waals surface area contributed by atoms with Gasteiger partial charge in [0, 0.05) is 35.3 Å². The first-order chi connectivity index (χ1) is 12.5. The first kappa shape index (κ1) is 17.2. The quantitative estimate of drug-likeness (QED) is 0.713. The van der Waals surface area contributed by atoms with Gasteiger partial charge in [-0.05, 0) is 49.4 Å². The van der Waals surface area contributed by atoms with E-state index in [1.165, 1.54) is 13.0 Å². The number of Topliss-reactive ketones (excluding diaryl/α,β-unsaturated/α-hetero) is 1. The normalized spacial score (nSPS) is 10.3. The number of nitrogens with one attached hydrogen (secondary N) is 1. The van der Waals surface area contributed by atoms with Gasteiger partial charge in [-0.2, -0.15) is 5.10 Å². The van der Waals surface area contributed by atoms with E-state index >= 15 is 0 Å². The standard InChI is InChI=1S/C19H16N4O3/c1-13(24)14-4-6-16(7-5-14)21-18(25)12-23-19(26)9-8-17(22-23)15-3-2-10-20-11-15/h2-11H,12H2,1H3,(H,21,25). The molecule has 0 bridgehead atoms. The Bertz CT molecular complexity index is 995. The Morgan fingerprint density at radius 3 is 2.50 bits per heavy atom. The molecule has 7 nitrogen and oxygen atoms in total. The third-order valence-corrected chi connectivity index (χ3v) is 3.69. The zero-order chi connectivity index (χ0) is 18.5.